The van der Waals surface area contributed by atoms with Gasteiger partial charge in [-0.3, -0.25) is 4.79 Å². The molecule has 0 aromatic heterocycles. The maximum Gasteiger partial charge on any atom is 0.251 e. The Kier molecular flexibility index (Phi) is 5.94. The molecule has 0 radical (unpaired) electrons. The van der Waals surface area contributed by atoms with Gasteiger partial charge < -0.3 is 10.2 Å². The van der Waals surface area contributed by atoms with Gasteiger partial charge in [-0.05, 0) is 48.8 Å². The van der Waals surface area contributed by atoms with E-state index < -0.39 is 0 Å². The Morgan fingerprint density at radius 2 is 1.83 bits per heavy atom. The molecule has 2 rings (SSSR count). The lowest BCUT2D eigenvalue weighted by Gasteiger charge is -2.14. The minimum atomic E-state index is -0.0178. The molecule has 0 atom stereocenters. The molecule has 2 aromatic carbocycles. The Bertz CT molecular complexity index is 662. The van der Waals surface area contributed by atoms with Crippen molar-refractivity contribution in [2.45, 2.75) is 19.8 Å². The average Bonchev–Trinajstić information content (AvgIpc) is 2.54. The molecular formula is C20H26N2O. The predicted octanol–water partition coefficient (Wildman–Crippen LogP) is 3.77. The van der Waals surface area contributed by atoms with Crippen molar-refractivity contribution in [3.05, 3.63) is 59.7 Å². The van der Waals surface area contributed by atoms with Crippen LogP contribution in [0.1, 0.15) is 35.7 Å². The van der Waals surface area contributed by atoms with Crippen molar-refractivity contribution in [3.8, 4) is 11.1 Å². The fourth-order valence-corrected chi connectivity index (χ4v) is 2.59. The van der Waals surface area contributed by atoms with E-state index in [1.54, 1.807) is 0 Å². The van der Waals surface area contributed by atoms with Crippen LogP contribution in [0.5, 0.6) is 0 Å². The number of hydrogen-bond acceptors (Lipinski definition) is 2. The van der Waals surface area contributed by atoms with E-state index in [2.05, 4.69) is 48.3 Å². The smallest absolute Gasteiger partial charge is 0.251 e. The third-order valence-electron chi connectivity index (χ3n) is 3.86. The van der Waals surface area contributed by atoms with Crippen LogP contribution in [0.2, 0.25) is 0 Å². The van der Waals surface area contributed by atoms with Crippen LogP contribution < -0.4 is 5.32 Å². The van der Waals surface area contributed by atoms with Crippen LogP contribution >= 0.6 is 0 Å². The monoisotopic (exact) mass is 310 g/mol. The minimum Gasteiger partial charge on any atom is -0.351 e. The third-order valence-corrected chi connectivity index (χ3v) is 3.86. The number of benzene rings is 2. The van der Waals surface area contributed by atoms with Gasteiger partial charge in [0.2, 0.25) is 0 Å². The van der Waals surface area contributed by atoms with Gasteiger partial charge in [-0.15, -0.1) is 0 Å². The molecule has 0 heterocycles. The summed E-state index contributed by atoms with van der Waals surface area (Å²) in [5, 5.41) is 2.97. The first-order valence-corrected chi connectivity index (χ1v) is 8.11. The normalized spacial score (nSPS) is 11.0. The summed E-state index contributed by atoms with van der Waals surface area (Å²) in [4.78, 5) is 14.4. The van der Waals surface area contributed by atoms with E-state index in [1.165, 1.54) is 11.1 Å². The second-order valence-corrected chi connectivity index (χ2v) is 6.38. The summed E-state index contributed by atoms with van der Waals surface area (Å²) in [6.07, 6.45) is 0. The van der Waals surface area contributed by atoms with E-state index in [4.69, 9.17) is 0 Å². The maximum absolute atomic E-state index is 12.3. The predicted molar refractivity (Wildman–Crippen MR) is 96.9 cm³/mol. The number of carbonyl (C=O) groups excluding carboxylic acids is 1. The van der Waals surface area contributed by atoms with Gasteiger partial charge in [-0.1, -0.05) is 50.2 Å². The van der Waals surface area contributed by atoms with Gasteiger partial charge in [0.05, 0.1) is 0 Å². The standard InChI is InChI=1S/C20H26N2O/c1-15(2)18-10-5-6-11-19(18)16-8-7-9-17(14-16)20(23)21-12-13-22(3)4/h5-11,14-15H,12-13H2,1-4H3,(H,21,23). The van der Waals surface area contributed by atoms with Crippen molar-refractivity contribution in [3.63, 3.8) is 0 Å². The van der Waals surface area contributed by atoms with E-state index in [-0.39, 0.29) is 5.91 Å². The molecule has 23 heavy (non-hydrogen) atoms. The highest BCUT2D eigenvalue weighted by Gasteiger charge is 2.10. The number of amides is 1. The van der Waals surface area contributed by atoms with Crippen molar-refractivity contribution >= 4 is 5.91 Å². The molecule has 0 saturated carbocycles. The molecule has 0 spiro atoms. The lowest BCUT2D eigenvalue weighted by Crippen LogP contribution is -2.31. The van der Waals surface area contributed by atoms with Crippen LogP contribution in [0, 0.1) is 0 Å². The molecule has 3 nitrogen and oxygen atoms in total. The molecule has 2 aromatic rings. The molecular weight excluding hydrogens is 284 g/mol. The first-order chi connectivity index (χ1) is 11.0. The Hall–Kier alpha value is -2.13. The Labute approximate surface area is 139 Å². The Balaban J connectivity index is 2.22. The van der Waals surface area contributed by atoms with E-state index in [0.717, 1.165) is 12.1 Å². The highest BCUT2D eigenvalue weighted by molar-refractivity contribution is 5.95. The van der Waals surface area contributed by atoms with Crippen LogP contribution in [0.25, 0.3) is 11.1 Å². The summed E-state index contributed by atoms with van der Waals surface area (Å²) < 4.78 is 0. The summed E-state index contributed by atoms with van der Waals surface area (Å²) in [5.74, 6) is 0.430. The topological polar surface area (TPSA) is 32.3 Å². The van der Waals surface area contributed by atoms with Gasteiger partial charge in [0, 0.05) is 18.7 Å². The highest BCUT2D eigenvalue weighted by atomic mass is 16.1. The molecule has 122 valence electrons. The maximum atomic E-state index is 12.3. The molecule has 0 unspecified atom stereocenters. The van der Waals surface area contributed by atoms with Gasteiger partial charge >= 0.3 is 0 Å². The van der Waals surface area contributed by atoms with E-state index in [0.29, 0.717) is 18.0 Å². The minimum absolute atomic E-state index is 0.0178. The van der Waals surface area contributed by atoms with Crippen molar-refractivity contribution in [2.24, 2.45) is 0 Å². The third kappa shape index (κ3) is 4.67. The van der Waals surface area contributed by atoms with Crippen molar-refractivity contribution in [2.75, 3.05) is 27.2 Å². The van der Waals surface area contributed by atoms with Crippen LogP contribution in [-0.4, -0.2) is 38.0 Å². The Morgan fingerprint density at radius 1 is 1.09 bits per heavy atom. The van der Waals surface area contributed by atoms with Gasteiger partial charge in [-0.25, -0.2) is 0 Å². The zero-order chi connectivity index (χ0) is 16.8. The summed E-state index contributed by atoms with van der Waals surface area (Å²) in [6.45, 7) is 5.87. The number of hydrogen-bond donors (Lipinski definition) is 1. The van der Waals surface area contributed by atoms with Crippen molar-refractivity contribution in [1.82, 2.24) is 10.2 Å². The second kappa shape index (κ2) is 7.93. The van der Waals surface area contributed by atoms with Gasteiger partial charge in [-0.2, -0.15) is 0 Å². The molecule has 0 bridgehead atoms. The molecule has 3 heteroatoms. The molecule has 0 aliphatic rings. The summed E-state index contributed by atoms with van der Waals surface area (Å²) in [6, 6.07) is 16.3. The van der Waals surface area contributed by atoms with E-state index in [1.807, 2.05) is 38.4 Å². The van der Waals surface area contributed by atoms with Crippen LogP contribution in [0.3, 0.4) is 0 Å². The van der Waals surface area contributed by atoms with Gasteiger partial charge in [0.1, 0.15) is 0 Å². The molecule has 0 fully saturated rings. The van der Waals surface area contributed by atoms with E-state index >= 15 is 0 Å². The van der Waals surface area contributed by atoms with Crippen LogP contribution in [0.15, 0.2) is 48.5 Å². The number of nitrogens with one attached hydrogen (secondary N) is 1. The number of rotatable bonds is 6. The second-order valence-electron chi connectivity index (χ2n) is 6.38. The first kappa shape index (κ1) is 17.2. The van der Waals surface area contributed by atoms with Gasteiger partial charge in [0.15, 0.2) is 0 Å². The summed E-state index contributed by atoms with van der Waals surface area (Å²) in [5.41, 5.74) is 4.30. The summed E-state index contributed by atoms with van der Waals surface area (Å²) >= 11 is 0. The average molecular weight is 310 g/mol. The Morgan fingerprint density at radius 3 is 2.52 bits per heavy atom. The zero-order valence-electron chi connectivity index (χ0n) is 14.5. The van der Waals surface area contributed by atoms with Crippen LogP contribution in [0.4, 0.5) is 0 Å². The number of carbonyl (C=O) groups is 1. The lowest BCUT2D eigenvalue weighted by atomic mass is 9.92. The molecule has 0 aliphatic carbocycles. The fourth-order valence-electron chi connectivity index (χ4n) is 2.59. The van der Waals surface area contributed by atoms with Gasteiger partial charge in [0.25, 0.3) is 5.91 Å². The lowest BCUT2D eigenvalue weighted by molar-refractivity contribution is 0.0951. The molecule has 0 aliphatic heterocycles. The SMILES string of the molecule is CC(C)c1ccccc1-c1cccc(C(=O)NCCN(C)C)c1. The zero-order valence-corrected chi connectivity index (χ0v) is 14.5. The highest BCUT2D eigenvalue weighted by Crippen LogP contribution is 2.29. The first-order valence-electron chi connectivity index (χ1n) is 8.11. The molecule has 0 saturated heterocycles. The molecule has 1 N–H and O–H groups in total. The number of nitrogens with zero attached hydrogens (tertiary/aromatic N) is 1. The van der Waals surface area contributed by atoms with Crippen molar-refractivity contribution < 1.29 is 4.79 Å². The summed E-state index contributed by atoms with van der Waals surface area (Å²) in [7, 11) is 3.99. The van der Waals surface area contributed by atoms with Crippen molar-refractivity contribution in [1.29, 1.82) is 0 Å². The largest absolute Gasteiger partial charge is 0.351 e. The molecule has 1 amide bonds. The quantitative estimate of drug-likeness (QED) is 0.881. The van der Waals surface area contributed by atoms with E-state index in [9.17, 15) is 4.79 Å². The fraction of sp³-hybridized carbons (Fsp3) is 0.350. The number of likely N-dealkylation sites (N-methyl/N-ethyl adjacent to an activating group) is 1. The van der Waals surface area contributed by atoms with Crippen LogP contribution in [-0.2, 0) is 0 Å².